The van der Waals surface area contributed by atoms with E-state index in [-0.39, 0.29) is 11.5 Å². The third-order valence-corrected chi connectivity index (χ3v) is 4.51. The highest BCUT2D eigenvalue weighted by Gasteiger charge is 2.30. The Hall–Kier alpha value is -1.96. The van der Waals surface area contributed by atoms with Crippen molar-refractivity contribution < 1.29 is 0 Å². The molecule has 0 amide bonds. The SMILES string of the molecule is C=C(CCC(=C)C1N=NC=CC1(C)C)c1ccc(C)c(C)c1. The van der Waals surface area contributed by atoms with Crippen molar-refractivity contribution in [3.05, 3.63) is 65.9 Å². The molecule has 2 rings (SSSR count). The van der Waals surface area contributed by atoms with E-state index in [1.807, 2.05) is 0 Å². The molecule has 0 saturated heterocycles. The van der Waals surface area contributed by atoms with Crippen LogP contribution in [0.2, 0.25) is 0 Å². The van der Waals surface area contributed by atoms with E-state index in [4.69, 9.17) is 0 Å². The van der Waals surface area contributed by atoms with Crippen LogP contribution in [-0.4, -0.2) is 6.04 Å². The molecule has 116 valence electrons. The first-order valence-electron chi connectivity index (χ1n) is 7.82. The summed E-state index contributed by atoms with van der Waals surface area (Å²) in [6, 6.07) is 6.59. The zero-order valence-corrected chi connectivity index (χ0v) is 14.2. The van der Waals surface area contributed by atoms with Crippen LogP contribution in [0, 0.1) is 19.3 Å². The lowest BCUT2D eigenvalue weighted by atomic mass is 9.79. The number of benzene rings is 1. The maximum absolute atomic E-state index is 4.37. The van der Waals surface area contributed by atoms with Crippen molar-refractivity contribution in [3.63, 3.8) is 0 Å². The molecule has 2 heteroatoms. The second kappa shape index (κ2) is 6.43. The Morgan fingerprint density at radius 3 is 2.50 bits per heavy atom. The molecule has 1 aromatic rings. The molecular weight excluding hydrogens is 268 g/mol. The van der Waals surface area contributed by atoms with Crippen molar-refractivity contribution in [2.75, 3.05) is 0 Å². The van der Waals surface area contributed by atoms with Crippen molar-refractivity contribution in [2.45, 2.75) is 46.6 Å². The zero-order valence-electron chi connectivity index (χ0n) is 14.2. The van der Waals surface area contributed by atoms with Gasteiger partial charge in [0, 0.05) is 11.6 Å². The molecule has 1 heterocycles. The topological polar surface area (TPSA) is 24.7 Å². The van der Waals surface area contributed by atoms with Gasteiger partial charge in [-0.05, 0) is 49.0 Å². The minimum absolute atomic E-state index is 0.0133. The standard InChI is InChI=1S/C20H26N2/c1-14-9-10-18(13-17(14)4)15(2)7-8-16(3)19-20(5,6)11-12-21-22-19/h9-13,19H,2-3,7-8H2,1,4-6H3. The summed E-state index contributed by atoms with van der Waals surface area (Å²) in [5.74, 6) is 0. The van der Waals surface area contributed by atoms with Gasteiger partial charge in [-0.25, -0.2) is 0 Å². The summed E-state index contributed by atoms with van der Waals surface area (Å²) >= 11 is 0. The molecule has 22 heavy (non-hydrogen) atoms. The number of rotatable bonds is 5. The molecule has 1 aliphatic heterocycles. The Bertz CT molecular complexity index is 648. The molecule has 0 aliphatic carbocycles. The van der Waals surface area contributed by atoms with Crippen molar-refractivity contribution in [3.8, 4) is 0 Å². The number of hydrogen-bond donors (Lipinski definition) is 0. The molecule has 1 atom stereocenters. The van der Waals surface area contributed by atoms with E-state index in [0.29, 0.717) is 0 Å². The monoisotopic (exact) mass is 294 g/mol. The van der Waals surface area contributed by atoms with Gasteiger partial charge in [-0.1, -0.05) is 56.9 Å². The quantitative estimate of drug-likeness (QED) is 0.592. The van der Waals surface area contributed by atoms with Crippen LogP contribution < -0.4 is 0 Å². The van der Waals surface area contributed by atoms with Gasteiger partial charge in [-0.15, -0.1) is 0 Å². The molecule has 0 fully saturated rings. The molecule has 0 aromatic heterocycles. The Kier molecular flexibility index (Phi) is 4.80. The van der Waals surface area contributed by atoms with Gasteiger partial charge >= 0.3 is 0 Å². The summed E-state index contributed by atoms with van der Waals surface area (Å²) in [7, 11) is 0. The number of hydrogen-bond acceptors (Lipinski definition) is 2. The van der Waals surface area contributed by atoms with E-state index in [2.05, 4.69) is 75.4 Å². The molecule has 0 radical (unpaired) electrons. The Balaban J connectivity index is 1.99. The van der Waals surface area contributed by atoms with Gasteiger partial charge < -0.3 is 0 Å². The molecule has 0 bridgehead atoms. The van der Waals surface area contributed by atoms with Crippen LogP contribution >= 0.6 is 0 Å². The van der Waals surface area contributed by atoms with Gasteiger partial charge in [-0.3, -0.25) is 0 Å². The van der Waals surface area contributed by atoms with Crippen molar-refractivity contribution >= 4 is 5.57 Å². The van der Waals surface area contributed by atoms with E-state index in [1.165, 1.54) is 16.7 Å². The minimum Gasteiger partial charge on any atom is -0.181 e. The molecule has 0 spiro atoms. The maximum Gasteiger partial charge on any atom is 0.100 e. The van der Waals surface area contributed by atoms with Crippen molar-refractivity contribution in [2.24, 2.45) is 15.6 Å². The highest BCUT2D eigenvalue weighted by molar-refractivity contribution is 5.64. The van der Waals surface area contributed by atoms with Crippen LogP contribution in [0.3, 0.4) is 0 Å². The predicted octanol–water partition coefficient (Wildman–Crippen LogP) is 6.03. The summed E-state index contributed by atoms with van der Waals surface area (Å²) in [4.78, 5) is 0. The Morgan fingerprint density at radius 2 is 1.86 bits per heavy atom. The van der Waals surface area contributed by atoms with Gasteiger partial charge in [0.1, 0.15) is 6.04 Å². The Morgan fingerprint density at radius 1 is 1.14 bits per heavy atom. The molecule has 1 aromatic carbocycles. The molecule has 1 unspecified atom stereocenters. The van der Waals surface area contributed by atoms with Crippen LogP contribution in [-0.2, 0) is 0 Å². The maximum atomic E-state index is 4.37. The average Bonchev–Trinajstić information content (AvgIpc) is 2.46. The fraction of sp³-hybridized carbons (Fsp3) is 0.400. The van der Waals surface area contributed by atoms with E-state index < -0.39 is 0 Å². The van der Waals surface area contributed by atoms with E-state index in [0.717, 1.165) is 24.0 Å². The highest BCUT2D eigenvalue weighted by Crippen LogP contribution is 2.35. The molecular formula is C20H26N2. The van der Waals surface area contributed by atoms with Gasteiger partial charge in [0.2, 0.25) is 0 Å². The summed E-state index contributed by atoms with van der Waals surface area (Å²) in [6.45, 7) is 17.1. The van der Waals surface area contributed by atoms with Crippen LogP contribution in [0.15, 0.2) is 59.4 Å². The van der Waals surface area contributed by atoms with Gasteiger partial charge in [-0.2, -0.15) is 10.2 Å². The van der Waals surface area contributed by atoms with Gasteiger partial charge in [0.15, 0.2) is 0 Å². The molecule has 0 saturated carbocycles. The fourth-order valence-electron chi connectivity index (χ4n) is 2.73. The summed E-state index contributed by atoms with van der Waals surface area (Å²) in [6.07, 6.45) is 5.69. The number of azo groups is 1. The Labute approximate surface area is 134 Å². The first-order valence-corrected chi connectivity index (χ1v) is 7.82. The largest absolute Gasteiger partial charge is 0.181 e. The average molecular weight is 294 g/mol. The fourth-order valence-corrected chi connectivity index (χ4v) is 2.73. The van der Waals surface area contributed by atoms with Crippen LogP contribution in [0.4, 0.5) is 0 Å². The van der Waals surface area contributed by atoms with Crippen molar-refractivity contribution in [1.29, 1.82) is 0 Å². The molecule has 1 aliphatic rings. The summed E-state index contributed by atoms with van der Waals surface area (Å²) in [5.41, 5.74) is 6.12. The van der Waals surface area contributed by atoms with Crippen LogP contribution in [0.5, 0.6) is 0 Å². The number of allylic oxidation sites excluding steroid dienone is 1. The number of nitrogens with zero attached hydrogens (tertiary/aromatic N) is 2. The molecule has 2 nitrogen and oxygen atoms in total. The zero-order chi connectivity index (χ0) is 16.3. The lowest BCUT2D eigenvalue weighted by Crippen LogP contribution is -2.28. The highest BCUT2D eigenvalue weighted by atomic mass is 15.1. The lowest BCUT2D eigenvalue weighted by molar-refractivity contribution is 0.384. The third kappa shape index (κ3) is 3.62. The predicted molar refractivity (Wildman–Crippen MR) is 94.9 cm³/mol. The first kappa shape index (κ1) is 16.4. The summed E-state index contributed by atoms with van der Waals surface area (Å²) < 4.78 is 0. The smallest absolute Gasteiger partial charge is 0.100 e. The van der Waals surface area contributed by atoms with Crippen LogP contribution in [0.1, 0.15) is 43.4 Å². The van der Waals surface area contributed by atoms with Gasteiger partial charge in [0.25, 0.3) is 0 Å². The second-order valence-corrected chi connectivity index (χ2v) is 6.83. The second-order valence-electron chi connectivity index (χ2n) is 6.83. The van der Waals surface area contributed by atoms with E-state index in [1.54, 1.807) is 6.20 Å². The first-order chi connectivity index (χ1) is 10.3. The van der Waals surface area contributed by atoms with Crippen LogP contribution in [0.25, 0.3) is 5.57 Å². The normalized spacial score (nSPS) is 19.2. The minimum atomic E-state index is -0.0133. The van der Waals surface area contributed by atoms with Crippen molar-refractivity contribution in [1.82, 2.24) is 0 Å². The third-order valence-electron chi connectivity index (χ3n) is 4.51. The molecule has 0 N–H and O–H groups in total. The number of aryl methyl sites for hydroxylation is 2. The summed E-state index contributed by atoms with van der Waals surface area (Å²) in [5, 5.41) is 8.41. The lowest BCUT2D eigenvalue weighted by Gasteiger charge is -2.31. The van der Waals surface area contributed by atoms with Gasteiger partial charge in [0.05, 0.1) is 0 Å². The van der Waals surface area contributed by atoms with E-state index in [9.17, 15) is 0 Å². The van der Waals surface area contributed by atoms with E-state index >= 15 is 0 Å².